The van der Waals surface area contributed by atoms with Crippen LogP contribution in [0.3, 0.4) is 0 Å². The third-order valence-electron chi connectivity index (χ3n) is 3.51. The molecule has 0 fully saturated rings. The number of ether oxygens (including phenoxy) is 2. The fourth-order valence-corrected chi connectivity index (χ4v) is 2.34. The number of rotatable bonds is 8. The standard InChI is InChI=1S/C19H19ClN2O3/c1-24-17-7-4-14(9-11-22-19(23)8-10-21)12-18(17)25-13-15-2-5-16(20)6-3-15/h2-7,12H,8-9,11,13H2,1H3,(H,22,23). The van der Waals surface area contributed by atoms with E-state index < -0.39 is 0 Å². The van der Waals surface area contributed by atoms with Crippen molar-refractivity contribution in [1.29, 1.82) is 5.26 Å². The first-order valence-corrected chi connectivity index (χ1v) is 8.18. The number of carbonyl (C=O) groups is 1. The number of benzene rings is 2. The first-order chi connectivity index (χ1) is 12.1. The summed E-state index contributed by atoms with van der Waals surface area (Å²) in [5, 5.41) is 11.8. The maximum atomic E-state index is 11.3. The lowest BCUT2D eigenvalue weighted by Crippen LogP contribution is -2.24. The van der Waals surface area contributed by atoms with Crippen molar-refractivity contribution in [3.63, 3.8) is 0 Å². The summed E-state index contributed by atoms with van der Waals surface area (Å²) in [5.41, 5.74) is 2.00. The van der Waals surface area contributed by atoms with Crippen molar-refractivity contribution in [3.8, 4) is 17.6 Å². The Morgan fingerprint density at radius 1 is 1.16 bits per heavy atom. The second-order valence-electron chi connectivity index (χ2n) is 5.34. The highest BCUT2D eigenvalue weighted by Crippen LogP contribution is 2.29. The first kappa shape index (κ1) is 18.6. The zero-order valence-corrected chi connectivity index (χ0v) is 14.7. The van der Waals surface area contributed by atoms with Crippen LogP contribution in [0, 0.1) is 11.3 Å². The van der Waals surface area contributed by atoms with Crippen LogP contribution in [0.15, 0.2) is 42.5 Å². The van der Waals surface area contributed by atoms with Crippen LogP contribution in [-0.2, 0) is 17.8 Å². The summed E-state index contributed by atoms with van der Waals surface area (Å²) in [5.74, 6) is 1.01. The average molecular weight is 359 g/mol. The average Bonchev–Trinajstić information content (AvgIpc) is 2.61. The zero-order chi connectivity index (χ0) is 18.1. The molecule has 0 saturated carbocycles. The number of nitrogens with one attached hydrogen (secondary N) is 1. The molecule has 0 aliphatic heterocycles. The van der Waals surface area contributed by atoms with E-state index in [0.717, 1.165) is 11.1 Å². The lowest BCUT2D eigenvalue weighted by Gasteiger charge is -2.13. The van der Waals surface area contributed by atoms with E-state index in [0.29, 0.717) is 36.1 Å². The van der Waals surface area contributed by atoms with Crippen LogP contribution in [0.4, 0.5) is 0 Å². The second kappa shape index (κ2) is 9.55. The summed E-state index contributed by atoms with van der Waals surface area (Å²) in [6.07, 6.45) is 0.510. The Balaban J connectivity index is 1.97. The fourth-order valence-electron chi connectivity index (χ4n) is 2.21. The highest BCUT2D eigenvalue weighted by molar-refractivity contribution is 6.30. The van der Waals surface area contributed by atoms with Crippen LogP contribution in [0.25, 0.3) is 0 Å². The number of carbonyl (C=O) groups excluding carboxylic acids is 1. The molecular formula is C19H19ClN2O3. The van der Waals surface area contributed by atoms with Crippen LogP contribution in [0.1, 0.15) is 17.5 Å². The van der Waals surface area contributed by atoms with Gasteiger partial charge in [-0.15, -0.1) is 0 Å². The number of methoxy groups -OCH3 is 1. The molecule has 0 heterocycles. The zero-order valence-electron chi connectivity index (χ0n) is 13.9. The minimum absolute atomic E-state index is 0.127. The van der Waals surface area contributed by atoms with Gasteiger partial charge in [0, 0.05) is 11.6 Å². The number of hydrogen-bond donors (Lipinski definition) is 1. The minimum Gasteiger partial charge on any atom is -0.493 e. The Labute approximate surface area is 152 Å². The van der Waals surface area contributed by atoms with Crippen molar-refractivity contribution in [2.24, 2.45) is 0 Å². The molecule has 0 aromatic heterocycles. The monoisotopic (exact) mass is 358 g/mol. The summed E-state index contributed by atoms with van der Waals surface area (Å²) in [4.78, 5) is 11.3. The summed E-state index contributed by atoms with van der Waals surface area (Å²) < 4.78 is 11.2. The minimum atomic E-state index is -0.268. The molecule has 0 unspecified atom stereocenters. The molecule has 0 radical (unpaired) electrons. The van der Waals surface area contributed by atoms with Crippen molar-refractivity contribution < 1.29 is 14.3 Å². The Hall–Kier alpha value is -2.71. The van der Waals surface area contributed by atoms with E-state index in [1.807, 2.05) is 48.5 Å². The Morgan fingerprint density at radius 3 is 2.56 bits per heavy atom. The summed E-state index contributed by atoms with van der Waals surface area (Å²) >= 11 is 5.88. The van der Waals surface area contributed by atoms with Gasteiger partial charge in [0.1, 0.15) is 13.0 Å². The van der Waals surface area contributed by atoms with Gasteiger partial charge in [0.05, 0.1) is 13.2 Å². The summed E-state index contributed by atoms with van der Waals surface area (Å²) in [6, 6.07) is 14.9. The van der Waals surface area contributed by atoms with E-state index in [2.05, 4.69) is 5.32 Å². The van der Waals surface area contributed by atoms with Gasteiger partial charge < -0.3 is 14.8 Å². The van der Waals surface area contributed by atoms with Gasteiger partial charge in [-0.3, -0.25) is 4.79 Å². The third kappa shape index (κ3) is 6.02. The van der Waals surface area contributed by atoms with Crippen molar-refractivity contribution in [3.05, 3.63) is 58.6 Å². The van der Waals surface area contributed by atoms with Crippen molar-refractivity contribution in [2.75, 3.05) is 13.7 Å². The highest BCUT2D eigenvalue weighted by atomic mass is 35.5. The van der Waals surface area contributed by atoms with Gasteiger partial charge >= 0.3 is 0 Å². The SMILES string of the molecule is COc1ccc(CCNC(=O)CC#N)cc1OCc1ccc(Cl)cc1. The number of nitrogens with zero attached hydrogens (tertiary/aromatic N) is 1. The highest BCUT2D eigenvalue weighted by Gasteiger charge is 2.07. The maximum Gasteiger partial charge on any atom is 0.234 e. The molecule has 0 aliphatic rings. The second-order valence-corrected chi connectivity index (χ2v) is 5.77. The molecule has 1 N–H and O–H groups in total. The molecule has 0 aliphatic carbocycles. The molecule has 2 aromatic carbocycles. The van der Waals surface area contributed by atoms with E-state index in [-0.39, 0.29) is 12.3 Å². The molecular weight excluding hydrogens is 340 g/mol. The van der Waals surface area contributed by atoms with Gasteiger partial charge in [0.15, 0.2) is 11.5 Å². The van der Waals surface area contributed by atoms with E-state index in [1.54, 1.807) is 7.11 Å². The Kier molecular flexibility index (Phi) is 7.12. The van der Waals surface area contributed by atoms with Crippen LogP contribution in [0.5, 0.6) is 11.5 Å². The molecule has 0 atom stereocenters. The Morgan fingerprint density at radius 2 is 1.88 bits per heavy atom. The van der Waals surface area contributed by atoms with Crippen LogP contribution >= 0.6 is 11.6 Å². The van der Waals surface area contributed by atoms with Gasteiger partial charge in [0.25, 0.3) is 0 Å². The smallest absolute Gasteiger partial charge is 0.234 e. The van der Waals surface area contributed by atoms with Gasteiger partial charge in [-0.25, -0.2) is 0 Å². The van der Waals surface area contributed by atoms with E-state index in [1.165, 1.54) is 0 Å². The van der Waals surface area contributed by atoms with E-state index in [4.69, 9.17) is 26.3 Å². The molecule has 130 valence electrons. The van der Waals surface area contributed by atoms with Crippen molar-refractivity contribution in [1.82, 2.24) is 5.32 Å². The van der Waals surface area contributed by atoms with Gasteiger partial charge in [-0.05, 0) is 41.8 Å². The van der Waals surface area contributed by atoms with Crippen molar-refractivity contribution in [2.45, 2.75) is 19.4 Å². The number of nitriles is 1. The largest absolute Gasteiger partial charge is 0.493 e. The lowest BCUT2D eigenvalue weighted by molar-refractivity contribution is -0.120. The predicted octanol–water partition coefficient (Wildman–Crippen LogP) is 3.50. The maximum absolute atomic E-state index is 11.3. The predicted molar refractivity (Wildman–Crippen MR) is 95.7 cm³/mol. The van der Waals surface area contributed by atoms with E-state index >= 15 is 0 Å². The molecule has 0 saturated heterocycles. The van der Waals surface area contributed by atoms with Crippen molar-refractivity contribution >= 4 is 17.5 Å². The number of halogens is 1. The van der Waals surface area contributed by atoms with Gasteiger partial charge in [0.2, 0.25) is 5.91 Å². The number of hydrogen-bond acceptors (Lipinski definition) is 4. The van der Waals surface area contributed by atoms with Gasteiger partial charge in [-0.1, -0.05) is 29.8 Å². The third-order valence-corrected chi connectivity index (χ3v) is 3.76. The first-order valence-electron chi connectivity index (χ1n) is 7.80. The molecule has 0 spiro atoms. The Bertz CT molecular complexity index is 754. The van der Waals surface area contributed by atoms with Gasteiger partial charge in [-0.2, -0.15) is 5.26 Å². The topological polar surface area (TPSA) is 71.3 Å². The van der Waals surface area contributed by atoms with Crippen LogP contribution in [0.2, 0.25) is 5.02 Å². The van der Waals surface area contributed by atoms with E-state index in [9.17, 15) is 4.79 Å². The summed E-state index contributed by atoms with van der Waals surface area (Å²) in [6.45, 7) is 0.860. The van der Waals surface area contributed by atoms with Crippen LogP contribution in [-0.4, -0.2) is 19.6 Å². The lowest BCUT2D eigenvalue weighted by atomic mass is 10.1. The molecule has 1 amide bonds. The molecule has 25 heavy (non-hydrogen) atoms. The molecule has 5 nitrogen and oxygen atoms in total. The molecule has 0 bridgehead atoms. The quantitative estimate of drug-likeness (QED) is 0.784. The number of amides is 1. The summed E-state index contributed by atoms with van der Waals surface area (Å²) in [7, 11) is 1.59. The molecule has 2 rings (SSSR count). The fraction of sp³-hybridized carbons (Fsp3) is 0.263. The normalized spacial score (nSPS) is 9.96. The molecule has 6 heteroatoms. The van der Waals surface area contributed by atoms with Crippen LogP contribution < -0.4 is 14.8 Å². The molecule has 2 aromatic rings.